The van der Waals surface area contributed by atoms with Gasteiger partial charge in [-0.15, -0.1) is 0 Å². The molecule has 130 valence electrons. The van der Waals surface area contributed by atoms with E-state index >= 15 is 0 Å². The Hall–Kier alpha value is -3.09. The molecule has 0 saturated carbocycles. The van der Waals surface area contributed by atoms with Gasteiger partial charge in [0.05, 0.1) is 22.5 Å². The first kappa shape index (κ1) is 16.4. The first-order valence-electron chi connectivity index (χ1n) is 8.06. The minimum absolute atomic E-state index is 0.507. The lowest BCUT2D eigenvalue weighted by molar-refractivity contribution is 0.527. The largest absolute Gasteiger partial charge is 0.754 e. The van der Waals surface area contributed by atoms with Crippen molar-refractivity contribution in [2.24, 2.45) is 0 Å². The van der Waals surface area contributed by atoms with E-state index in [1.165, 1.54) is 4.41 Å². The van der Waals surface area contributed by atoms with Crippen molar-refractivity contribution in [2.75, 3.05) is 10.1 Å². The molecule has 1 atom stereocenters. The third-order valence-corrected chi connectivity index (χ3v) is 4.90. The second-order valence-corrected chi connectivity index (χ2v) is 6.63. The van der Waals surface area contributed by atoms with E-state index in [1.807, 2.05) is 60.8 Å². The Kier molecular flexibility index (Phi) is 4.20. The molecule has 2 N–H and O–H groups in total. The third kappa shape index (κ3) is 2.85. The van der Waals surface area contributed by atoms with E-state index in [-0.39, 0.29) is 0 Å². The fourth-order valence-electron chi connectivity index (χ4n) is 3.04. The molecule has 0 amide bonds. The van der Waals surface area contributed by atoms with Gasteiger partial charge in [0.15, 0.2) is 0 Å². The number of aromatic nitrogens is 1. The molecule has 0 fully saturated rings. The van der Waals surface area contributed by atoms with Crippen LogP contribution in [0.2, 0.25) is 0 Å². The van der Waals surface area contributed by atoms with Crippen LogP contribution >= 0.6 is 0 Å². The van der Waals surface area contributed by atoms with Crippen LogP contribution in [0.1, 0.15) is 0 Å². The lowest BCUT2D eigenvalue weighted by atomic mass is 10.1. The van der Waals surface area contributed by atoms with E-state index < -0.39 is 11.3 Å². The molecule has 1 unspecified atom stereocenters. The molecule has 26 heavy (non-hydrogen) atoms. The SMILES string of the molecule is Nc1ccc(N(n2cc(-c3ccccc3)c3ccccc32)S(=O)[O-])cc1. The summed E-state index contributed by atoms with van der Waals surface area (Å²) in [5.74, 6) is 0. The Morgan fingerprint density at radius 1 is 0.885 bits per heavy atom. The predicted octanol–water partition coefficient (Wildman–Crippen LogP) is 3.95. The summed E-state index contributed by atoms with van der Waals surface area (Å²) < 4.78 is 27.0. The Labute approximate surface area is 153 Å². The van der Waals surface area contributed by atoms with Crippen molar-refractivity contribution in [3.63, 3.8) is 0 Å². The van der Waals surface area contributed by atoms with Gasteiger partial charge in [0.2, 0.25) is 0 Å². The Morgan fingerprint density at radius 3 is 2.23 bits per heavy atom. The van der Waals surface area contributed by atoms with Crippen molar-refractivity contribution >= 4 is 33.5 Å². The summed E-state index contributed by atoms with van der Waals surface area (Å²) in [6.07, 6.45) is 1.84. The highest BCUT2D eigenvalue weighted by Gasteiger charge is 2.16. The average molecular weight is 362 g/mol. The van der Waals surface area contributed by atoms with Gasteiger partial charge in [-0.25, -0.2) is 9.09 Å². The molecule has 1 aromatic heterocycles. The topological polar surface area (TPSA) is 74.3 Å². The third-order valence-electron chi connectivity index (χ3n) is 4.23. The summed E-state index contributed by atoms with van der Waals surface area (Å²) in [7, 11) is 0. The Morgan fingerprint density at radius 2 is 1.54 bits per heavy atom. The van der Waals surface area contributed by atoms with Crippen LogP contribution in [0.5, 0.6) is 0 Å². The molecule has 0 spiro atoms. The van der Waals surface area contributed by atoms with Crippen molar-refractivity contribution in [3.8, 4) is 11.1 Å². The highest BCUT2D eigenvalue weighted by atomic mass is 32.2. The molecule has 5 nitrogen and oxygen atoms in total. The van der Waals surface area contributed by atoms with Crippen molar-refractivity contribution in [1.82, 2.24) is 4.68 Å². The number of para-hydroxylation sites is 1. The zero-order valence-corrected chi connectivity index (χ0v) is 14.6. The van der Waals surface area contributed by atoms with E-state index in [9.17, 15) is 8.76 Å². The number of benzene rings is 3. The van der Waals surface area contributed by atoms with Crippen LogP contribution in [0.15, 0.2) is 85.1 Å². The fraction of sp³-hybridized carbons (Fsp3) is 0. The normalized spacial score (nSPS) is 12.2. The first-order chi connectivity index (χ1) is 12.6. The number of hydrogen-bond donors (Lipinski definition) is 1. The standard InChI is InChI=1S/C20H17N3O2S/c21-16-10-12-17(13-11-16)23(26(24)25)22-14-19(15-6-2-1-3-7-15)18-8-4-5-9-20(18)22/h1-14H,21H2,(H,24,25)/p-1. The van der Waals surface area contributed by atoms with E-state index in [2.05, 4.69) is 0 Å². The Bertz CT molecular complexity index is 1080. The van der Waals surface area contributed by atoms with E-state index in [4.69, 9.17) is 5.73 Å². The van der Waals surface area contributed by atoms with Crippen LogP contribution < -0.4 is 10.1 Å². The van der Waals surface area contributed by atoms with Gasteiger partial charge in [0, 0.05) is 22.8 Å². The van der Waals surface area contributed by atoms with Gasteiger partial charge in [-0.05, 0) is 35.9 Å². The smallest absolute Gasteiger partial charge is 0.0723 e. The second kappa shape index (κ2) is 6.67. The lowest BCUT2D eigenvalue weighted by Gasteiger charge is -2.28. The lowest BCUT2D eigenvalue weighted by Crippen LogP contribution is -2.30. The highest BCUT2D eigenvalue weighted by Crippen LogP contribution is 2.32. The van der Waals surface area contributed by atoms with Gasteiger partial charge in [-0.2, -0.15) is 0 Å². The predicted molar refractivity (Wildman–Crippen MR) is 105 cm³/mol. The number of nitrogen functional groups attached to an aromatic ring is 1. The Balaban J connectivity index is 1.95. The minimum Gasteiger partial charge on any atom is -0.754 e. The van der Waals surface area contributed by atoms with Crippen molar-refractivity contribution < 1.29 is 8.76 Å². The van der Waals surface area contributed by atoms with Crippen LogP contribution in [0.4, 0.5) is 11.4 Å². The molecular formula is C20H16N3O2S-. The summed E-state index contributed by atoms with van der Waals surface area (Å²) in [6.45, 7) is 0. The summed E-state index contributed by atoms with van der Waals surface area (Å²) >= 11 is -2.51. The van der Waals surface area contributed by atoms with Crippen LogP contribution in [0.3, 0.4) is 0 Å². The molecule has 0 aliphatic rings. The molecule has 0 aliphatic carbocycles. The minimum atomic E-state index is -2.51. The quantitative estimate of drug-likeness (QED) is 0.441. The molecule has 4 rings (SSSR count). The maximum Gasteiger partial charge on any atom is 0.0723 e. The van der Waals surface area contributed by atoms with Crippen LogP contribution in [0.25, 0.3) is 22.0 Å². The maximum atomic E-state index is 12.0. The van der Waals surface area contributed by atoms with Gasteiger partial charge >= 0.3 is 0 Å². The molecule has 1 heterocycles. The monoisotopic (exact) mass is 362 g/mol. The number of nitrogens with two attached hydrogens (primary N) is 1. The van der Waals surface area contributed by atoms with Crippen LogP contribution in [0, 0.1) is 0 Å². The molecule has 0 aliphatic heterocycles. The highest BCUT2D eigenvalue weighted by molar-refractivity contribution is 7.80. The van der Waals surface area contributed by atoms with E-state index in [0.29, 0.717) is 11.4 Å². The number of rotatable bonds is 4. The molecule has 6 heteroatoms. The zero-order valence-electron chi connectivity index (χ0n) is 13.8. The molecule has 0 radical (unpaired) electrons. The van der Waals surface area contributed by atoms with Crippen molar-refractivity contribution in [2.45, 2.75) is 0 Å². The van der Waals surface area contributed by atoms with Crippen LogP contribution in [-0.2, 0) is 11.3 Å². The molecule has 4 aromatic rings. The fourth-order valence-corrected chi connectivity index (χ4v) is 3.62. The van der Waals surface area contributed by atoms with Crippen LogP contribution in [-0.4, -0.2) is 13.4 Å². The van der Waals surface area contributed by atoms with Crippen molar-refractivity contribution in [3.05, 3.63) is 85.1 Å². The number of anilines is 2. The molecule has 3 aromatic carbocycles. The first-order valence-corrected chi connectivity index (χ1v) is 9.09. The van der Waals surface area contributed by atoms with E-state index in [1.54, 1.807) is 28.9 Å². The molecule has 0 saturated heterocycles. The average Bonchev–Trinajstić information content (AvgIpc) is 3.03. The number of fused-ring (bicyclic) bond motifs is 1. The number of nitrogens with zero attached hydrogens (tertiary/aromatic N) is 2. The second-order valence-electron chi connectivity index (χ2n) is 5.85. The summed E-state index contributed by atoms with van der Waals surface area (Å²) in [6, 6.07) is 24.3. The van der Waals surface area contributed by atoms with Crippen molar-refractivity contribution in [1.29, 1.82) is 0 Å². The maximum absolute atomic E-state index is 12.0. The van der Waals surface area contributed by atoms with Gasteiger partial charge in [0.1, 0.15) is 0 Å². The van der Waals surface area contributed by atoms with Gasteiger partial charge < -0.3 is 10.3 Å². The zero-order chi connectivity index (χ0) is 18.1. The summed E-state index contributed by atoms with van der Waals surface area (Å²) in [5, 5.41) is 0.976. The summed E-state index contributed by atoms with van der Waals surface area (Å²) in [4.78, 5) is 0. The van der Waals surface area contributed by atoms with Gasteiger partial charge in [-0.1, -0.05) is 48.5 Å². The molecular weight excluding hydrogens is 346 g/mol. The van der Waals surface area contributed by atoms with Gasteiger partial charge in [0.25, 0.3) is 0 Å². The molecule has 0 bridgehead atoms. The van der Waals surface area contributed by atoms with E-state index in [0.717, 1.165) is 22.0 Å². The summed E-state index contributed by atoms with van der Waals surface area (Å²) in [5.41, 5.74) is 9.60. The number of hydrogen-bond acceptors (Lipinski definition) is 3. The van der Waals surface area contributed by atoms with Gasteiger partial charge in [-0.3, -0.25) is 4.21 Å².